The summed E-state index contributed by atoms with van der Waals surface area (Å²) in [5.74, 6) is -0.453. The molecule has 0 fully saturated rings. The lowest BCUT2D eigenvalue weighted by Gasteiger charge is -2.13. The third-order valence-corrected chi connectivity index (χ3v) is 4.06. The summed E-state index contributed by atoms with van der Waals surface area (Å²) in [5.41, 5.74) is 0.424. The normalized spacial score (nSPS) is 18.4. The molecule has 0 spiro atoms. The average Bonchev–Trinajstić information content (AvgIpc) is 2.13. The fourth-order valence-electron chi connectivity index (χ4n) is 0.952. The molecule has 0 radical (unpaired) electrons. The maximum Gasteiger partial charge on any atom is 0.479 e. The lowest BCUT2D eigenvalue weighted by atomic mass is 10.2. The lowest BCUT2D eigenvalue weighted by Crippen LogP contribution is -1.94. The molecule has 0 saturated carbocycles. The van der Waals surface area contributed by atoms with E-state index < -0.39 is 21.2 Å². The number of phosphoric ester groups is 1. The average molecular weight is 284 g/mol. The number of rotatable bonds is 5. The van der Waals surface area contributed by atoms with Gasteiger partial charge in [-0.15, -0.1) is 0 Å². The van der Waals surface area contributed by atoms with Gasteiger partial charge in [0.2, 0.25) is 0 Å². The molecule has 17 heavy (non-hydrogen) atoms. The van der Waals surface area contributed by atoms with Gasteiger partial charge in [-0.3, -0.25) is 9.09 Å². The van der Waals surface area contributed by atoms with Gasteiger partial charge in [-0.25, -0.2) is 13.3 Å². The van der Waals surface area contributed by atoms with E-state index in [4.69, 9.17) is 9.79 Å². The topological polar surface area (TPSA) is 93.1 Å². The van der Waals surface area contributed by atoms with E-state index in [2.05, 4.69) is 8.83 Å². The molecule has 0 aliphatic carbocycles. The first kappa shape index (κ1) is 14.5. The van der Waals surface area contributed by atoms with Gasteiger partial charge in [0, 0.05) is 6.66 Å². The Morgan fingerprint density at radius 2 is 1.76 bits per heavy atom. The quantitative estimate of drug-likeness (QED) is 0.806. The third kappa shape index (κ3) is 6.07. The van der Waals surface area contributed by atoms with E-state index in [1.165, 1.54) is 12.1 Å². The molecule has 0 bridgehead atoms. The molecule has 0 aliphatic rings. The summed E-state index contributed by atoms with van der Waals surface area (Å²) in [6, 6.07) is 5.00. The SMILES string of the molecule is CP(=O)(O)OP(=O)(O)OCc1ccc(F)cc1. The van der Waals surface area contributed by atoms with Gasteiger partial charge in [0.1, 0.15) is 5.82 Å². The third-order valence-electron chi connectivity index (χ3n) is 1.56. The second-order valence-corrected chi connectivity index (χ2v) is 6.71. The van der Waals surface area contributed by atoms with Gasteiger partial charge in [-0.1, -0.05) is 12.1 Å². The van der Waals surface area contributed by atoms with Crippen molar-refractivity contribution in [1.29, 1.82) is 0 Å². The van der Waals surface area contributed by atoms with Crippen molar-refractivity contribution in [2.24, 2.45) is 0 Å². The van der Waals surface area contributed by atoms with Crippen LogP contribution in [0.3, 0.4) is 0 Å². The summed E-state index contributed by atoms with van der Waals surface area (Å²) < 4.78 is 42.9. The highest BCUT2D eigenvalue weighted by atomic mass is 31.3. The number of halogens is 1. The summed E-state index contributed by atoms with van der Waals surface area (Å²) in [7, 11) is -8.71. The van der Waals surface area contributed by atoms with Crippen LogP contribution in [0.2, 0.25) is 0 Å². The highest BCUT2D eigenvalue weighted by Crippen LogP contribution is 2.58. The standard InChI is InChI=1S/C8H11FO6P2/c1-16(10,11)15-17(12,13)14-6-7-2-4-8(9)5-3-7/h2-5H,6H2,1H3,(H,10,11)(H,12,13). The first-order chi connectivity index (χ1) is 7.68. The Kier molecular flexibility index (Phi) is 4.61. The second kappa shape index (κ2) is 5.40. The minimum Gasteiger partial charge on any atom is -0.324 e. The predicted molar refractivity (Wildman–Crippen MR) is 57.8 cm³/mol. The molecular weight excluding hydrogens is 273 g/mol. The van der Waals surface area contributed by atoms with Crippen molar-refractivity contribution in [3.63, 3.8) is 0 Å². The zero-order chi connectivity index (χ0) is 13.1. The molecule has 0 amide bonds. The van der Waals surface area contributed by atoms with Crippen molar-refractivity contribution in [2.75, 3.05) is 6.66 Å². The molecule has 1 aromatic rings. The molecule has 1 aromatic carbocycles. The minimum atomic E-state index is -4.60. The van der Waals surface area contributed by atoms with Gasteiger partial charge < -0.3 is 9.79 Å². The fourth-order valence-corrected chi connectivity index (χ4v) is 2.98. The zero-order valence-electron chi connectivity index (χ0n) is 8.82. The Morgan fingerprint density at radius 1 is 1.24 bits per heavy atom. The van der Waals surface area contributed by atoms with E-state index in [1.54, 1.807) is 0 Å². The van der Waals surface area contributed by atoms with Crippen LogP contribution in [0.1, 0.15) is 5.56 Å². The van der Waals surface area contributed by atoms with Gasteiger partial charge in [0.05, 0.1) is 6.61 Å². The first-order valence-corrected chi connectivity index (χ1v) is 7.93. The highest BCUT2D eigenvalue weighted by Gasteiger charge is 2.29. The number of phosphoric acid groups is 1. The molecule has 6 nitrogen and oxygen atoms in total. The summed E-state index contributed by atoms with van der Waals surface area (Å²) in [4.78, 5) is 17.8. The van der Waals surface area contributed by atoms with Gasteiger partial charge in [-0.2, -0.15) is 0 Å². The van der Waals surface area contributed by atoms with Crippen molar-refractivity contribution in [2.45, 2.75) is 6.61 Å². The van der Waals surface area contributed by atoms with E-state index in [9.17, 15) is 13.5 Å². The van der Waals surface area contributed by atoms with Crippen LogP contribution >= 0.6 is 15.4 Å². The monoisotopic (exact) mass is 284 g/mol. The number of hydrogen-bond acceptors (Lipinski definition) is 4. The van der Waals surface area contributed by atoms with Crippen LogP contribution in [-0.4, -0.2) is 16.5 Å². The van der Waals surface area contributed by atoms with E-state index in [0.717, 1.165) is 18.8 Å². The Labute approximate surface area is 97.2 Å². The molecule has 96 valence electrons. The number of benzene rings is 1. The van der Waals surface area contributed by atoms with Crippen LogP contribution in [-0.2, 0) is 24.6 Å². The Hall–Kier alpha value is -0.550. The molecule has 0 aromatic heterocycles. The fraction of sp³-hybridized carbons (Fsp3) is 0.250. The summed E-state index contributed by atoms with van der Waals surface area (Å²) in [6.07, 6.45) is 0. The summed E-state index contributed by atoms with van der Waals surface area (Å²) in [6.45, 7) is 0.422. The van der Waals surface area contributed by atoms with Crippen LogP contribution in [0.15, 0.2) is 24.3 Å². The summed E-state index contributed by atoms with van der Waals surface area (Å²) in [5, 5.41) is 0. The van der Waals surface area contributed by atoms with Gasteiger partial charge in [-0.05, 0) is 17.7 Å². The largest absolute Gasteiger partial charge is 0.479 e. The van der Waals surface area contributed by atoms with E-state index in [1.807, 2.05) is 0 Å². The molecule has 0 aliphatic heterocycles. The van der Waals surface area contributed by atoms with Gasteiger partial charge in [0.25, 0.3) is 0 Å². The molecular formula is C8H11FO6P2. The Balaban J connectivity index is 2.58. The van der Waals surface area contributed by atoms with E-state index in [0.29, 0.717) is 5.56 Å². The molecule has 2 atom stereocenters. The van der Waals surface area contributed by atoms with Crippen LogP contribution in [0.4, 0.5) is 4.39 Å². The molecule has 0 saturated heterocycles. The van der Waals surface area contributed by atoms with Gasteiger partial charge >= 0.3 is 15.4 Å². The Morgan fingerprint density at radius 3 is 2.24 bits per heavy atom. The molecule has 0 heterocycles. The van der Waals surface area contributed by atoms with Crippen LogP contribution in [0.25, 0.3) is 0 Å². The lowest BCUT2D eigenvalue weighted by molar-refractivity contribution is 0.189. The van der Waals surface area contributed by atoms with Crippen LogP contribution in [0, 0.1) is 5.82 Å². The van der Waals surface area contributed by atoms with Crippen molar-refractivity contribution < 1.29 is 32.1 Å². The smallest absolute Gasteiger partial charge is 0.324 e. The number of hydrogen-bond donors (Lipinski definition) is 2. The Bertz CT molecular complexity index is 467. The highest BCUT2D eigenvalue weighted by molar-refractivity contribution is 7.63. The minimum absolute atomic E-state index is 0.339. The maximum absolute atomic E-state index is 12.5. The molecule has 1 rings (SSSR count). The summed E-state index contributed by atoms with van der Waals surface area (Å²) >= 11 is 0. The maximum atomic E-state index is 12.5. The molecule has 2 unspecified atom stereocenters. The van der Waals surface area contributed by atoms with Crippen molar-refractivity contribution >= 4 is 15.4 Å². The predicted octanol–water partition coefficient (Wildman–Crippen LogP) is 2.27. The van der Waals surface area contributed by atoms with Crippen molar-refractivity contribution in [3.05, 3.63) is 35.6 Å². The first-order valence-electron chi connectivity index (χ1n) is 4.41. The van der Waals surface area contributed by atoms with Crippen molar-refractivity contribution in [1.82, 2.24) is 0 Å². The van der Waals surface area contributed by atoms with Crippen molar-refractivity contribution in [3.8, 4) is 0 Å². The van der Waals surface area contributed by atoms with Gasteiger partial charge in [0.15, 0.2) is 0 Å². The second-order valence-electron chi connectivity index (χ2n) is 3.25. The molecule has 2 N–H and O–H groups in total. The van der Waals surface area contributed by atoms with Crippen LogP contribution < -0.4 is 0 Å². The molecule has 9 heteroatoms. The van der Waals surface area contributed by atoms with Crippen LogP contribution in [0.5, 0.6) is 0 Å². The zero-order valence-corrected chi connectivity index (χ0v) is 10.6. The van der Waals surface area contributed by atoms with E-state index >= 15 is 0 Å². The van der Waals surface area contributed by atoms with E-state index in [-0.39, 0.29) is 6.61 Å².